The summed E-state index contributed by atoms with van der Waals surface area (Å²) in [6.07, 6.45) is 2.04. The molecule has 12 nitrogen and oxygen atoms in total. The number of nitro benzene ring substituents is 1. The number of phenolic OH excluding ortho intramolecular Hbond substituents is 1. The second kappa shape index (κ2) is 13.2. The smallest absolute Gasteiger partial charge is 0.269 e. The highest BCUT2D eigenvalue weighted by atomic mass is 127. The number of imide groups is 2. The van der Waals surface area contributed by atoms with Gasteiger partial charge in [0.2, 0.25) is 11.8 Å². The molecule has 2 heterocycles. The van der Waals surface area contributed by atoms with Gasteiger partial charge in [0.05, 0.1) is 50.1 Å². The second-order valence-electron chi connectivity index (χ2n) is 13.7. The number of nitrogens with one attached hydrogen (secondary N) is 1. The average molecular weight is 863 g/mol. The zero-order valence-electron chi connectivity index (χ0n) is 28.2. The number of anilines is 2. The minimum Gasteiger partial charge on any atom is -0.504 e. The molecule has 4 aliphatic rings. The minimum absolute atomic E-state index is 0.0116. The van der Waals surface area contributed by atoms with Crippen LogP contribution >= 0.6 is 34.2 Å². The molecule has 0 spiro atoms. The monoisotopic (exact) mass is 862 g/mol. The summed E-state index contributed by atoms with van der Waals surface area (Å²) in [5.41, 5.74) is 3.23. The van der Waals surface area contributed by atoms with Crippen LogP contribution in [0.4, 0.5) is 21.5 Å². The number of aromatic hydroxyl groups is 1. The van der Waals surface area contributed by atoms with E-state index in [1.807, 2.05) is 28.7 Å². The molecule has 0 bridgehead atoms. The maximum absolute atomic E-state index is 15.3. The van der Waals surface area contributed by atoms with Crippen LogP contribution in [-0.4, -0.2) is 45.8 Å². The highest BCUT2D eigenvalue weighted by Gasteiger charge is 2.70. The van der Waals surface area contributed by atoms with Crippen LogP contribution in [0.3, 0.4) is 0 Å². The van der Waals surface area contributed by atoms with Crippen LogP contribution < -0.4 is 15.1 Å². The topological polar surface area (TPSA) is 159 Å². The van der Waals surface area contributed by atoms with Crippen LogP contribution in [0.5, 0.6) is 11.5 Å². The van der Waals surface area contributed by atoms with E-state index < -0.39 is 69.4 Å². The highest BCUT2D eigenvalue weighted by molar-refractivity contribution is 14.1. The molecule has 1 saturated carbocycles. The van der Waals surface area contributed by atoms with Gasteiger partial charge in [-0.3, -0.25) is 39.6 Å². The summed E-state index contributed by atoms with van der Waals surface area (Å²) in [5, 5.41) is 23.6. The van der Waals surface area contributed by atoms with Crippen LogP contribution in [-0.2, 0) is 24.6 Å². The van der Waals surface area contributed by atoms with Gasteiger partial charge in [-0.2, -0.15) is 5.01 Å². The number of methoxy groups -OCH3 is 1. The van der Waals surface area contributed by atoms with Crippen molar-refractivity contribution in [3.05, 3.63) is 132 Å². The van der Waals surface area contributed by atoms with Gasteiger partial charge < -0.3 is 9.84 Å². The van der Waals surface area contributed by atoms with Crippen LogP contribution in [0.25, 0.3) is 0 Å². The van der Waals surface area contributed by atoms with E-state index in [1.54, 1.807) is 36.4 Å². The molecule has 0 radical (unpaired) electrons. The molecule has 4 aromatic carbocycles. The lowest BCUT2D eigenvalue weighted by atomic mass is 9.49. The van der Waals surface area contributed by atoms with Crippen LogP contribution in [0.1, 0.15) is 29.9 Å². The lowest BCUT2D eigenvalue weighted by molar-refractivity contribution is -0.384. The number of nitrogens with zero attached hydrogens (tertiary/aromatic N) is 3. The summed E-state index contributed by atoms with van der Waals surface area (Å²) in [7, 11) is 1.40. The quantitative estimate of drug-likeness (QED) is 0.0663. The van der Waals surface area contributed by atoms with Crippen molar-refractivity contribution < 1.29 is 38.3 Å². The van der Waals surface area contributed by atoms with Crippen molar-refractivity contribution in [1.29, 1.82) is 0 Å². The van der Waals surface area contributed by atoms with Gasteiger partial charge in [-0.15, -0.1) is 0 Å². The van der Waals surface area contributed by atoms with Gasteiger partial charge in [0.25, 0.3) is 17.5 Å². The van der Waals surface area contributed by atoms with Gasteiger partial charge in [0, 0.05) is 23.1 Å². The number of fused-ring (bicyclic) bond motifs is 4. The van der Waals surface area contributed by atoms with Gasteiger partial charge in [0.15, 0.2) is 11.5 Å². The summed E-state index contributed by atoms with van der Waals surface area (Å²) in [4.78, 5) is 70.4. The molecule has 4 amide bonds. The molecule has 15 heteroatoms. The fourth-order valence-corrected chi connectivity index (χ4v) is 9.68. The summed E-state index contributed by atoms with van der Waals surface area (Å²) in [6.45, 7) is 0. The number of benzene rings is 4. The number of halogens is 3. The molecule has 4 aromatic rings. The van der Waals surface area contributed by atoms with Gasteiger partial charge in [0.1, 0.15) is 5.82 Å². The third kappa shape index (κ3) is 5.28. The lowest BCUT2D eigenvalue weighted by Crippen LogP contribution is -2.53. The second-order valence-corrected chi connectivity index (χ2v) is 15.3. The molecule has 3 fully saturated rings. The van der Waals surface area contributed by atoms with Crippen molar-refractivity contribution in [3.63, 3.8) is 0 Å². The van der Waals surface area contributed by atoms with Crippen molar-refractivity contribution >= 4 is 74.9 Å². The zero-order valence-corrected chi connectivity index (χ0v) is 31.2. The van der Waals surface area contributed by atoms with Crippen molar-refractivity contribution in [3.8, 4) is 11.5 Å². The molecule has 0 aromatic heterocycles. The number of ether oxygens (including phenoxy) is 1. The van der Waals surface area contributed by atoms with Crippen molar-refractivity contribution in [1.82, 2.24) is 5.01 Å². The van der Waals surface area contributed by atoms with Crippen molar-refractivity contribution in [2.75, 3.05) is 17.4 Å². The first-order chi connectivity index (χ1) is 25.9. The predicted molar refractivity (Wildman–Crippen MR) is 202 cm³/mol. The van der Waals surface area contributed by atoms with E-state index >= 15 is 4.79 Å². The average Bonchev–Trinajstić information content (AvgIpc) is 3.54. The molecule has 2 saturated heterocycles. The number of carbonyl (C=O) groups is 4. The van der Waals surface area contributed by atoms with E-state index in [4.69, 9.17) is 16.3 Å². The lowest BCUT2D eigenvalue weighted by Gasteiger charge is -2.50. The number of rotatable bonds is 7. The fourth-order valence-electron chi connectivity index (χ4n) is 8.92. The molecular formula is C39H29ClFIN4O8. The SMILES string of the molecule is COc1cc(C2C3=CCC4C(=O)N(c5ccc([N+](=O)[O-])cc5)C(=O)C4C3CC3C(=O)N(Nc4ccc(F)cc4)C(=O)C32c2ccc(Cl)cc2)cc(I)c1O. The number of non-ortho nitro benzene ring substituents is 1. The van der Waals surface area contributed by atoms with Crippen LogP contribution in [0, 0.1) is 43.2 Å². The first kappa shape index (κ1) is 35.7. The third-order valence-corrected chi connectivity index (χ3v) is 12.3. The number of hydrazine groups is 1. The number of hydrogen-bond acceptors (Lipinski definition) is 9. The molecular weight excluding hydrogens is 834 g/mol. The van der Waals surface area contributed by atoms with Gasteiger partial charge >= 0.3 is 0 Å². The molecule has 274 valence electrons. The first-order valence-electron chi connectivity index (χ1n) is 16.9. The minimum atomic E-state index is -1.63. The van der Waals surface area contributed by atoms with E-state index in [9.17, 15) is 34.0 Å². The number of carbonyl (C=O) groups excluding carboxylic acids is 4. The summed E-state index contributed by atoms with van der Waals surface area (Å²) < 4.78 is 19.9. The van der Waals surface area contributed by atoms with Crippen LogP contribution in [0.15, 0.2) is 96.6 Å². The molecule has 6 atom stereocenters. The van der Waals surface area contributed by atoms with E-state index in [0.717, 1.165) is 9.91 Å². The molecule has 8 rings (SSSR count). The number of amides is 4. The number of phenols is 1. The largest absolute Gasteiger partial charge is 0.504 e. The third-order valence-electron chi connectivity index (χ3n) is 11.2. The Hall–Kier alpha value is -5.35. The number of nitro groups is 1. The Labute approximate surface area is 325 Å². The molecule has 2 aliphatic carbocycles. The predicted octanol–water partition coefficient (Wildman–Crippen LogP) is 6.90. The highest BCUT2D eigenvalue weighted by Crippen LogP contribution is 2.64. The maximum atomic E-state index is 15.3. The first-order valence-corrected chi connectivity index (χ1v) is 18.4. The Morgan fingerprint density at radius 1 is 0.963 bits per heavy atom. The maximum Gasteiger partial charge on any atom is 0.269 e. The summed E-state index contributed by atoms with van der Waals surface area (Å²) >= 11 is 8.32. The Balaban J connectivity index is 1.32. The number of hydrogen-bond donors (Lipinski definition) is 2. The van der Waals surface area contributed by atoms with E-state index in [2.05, 4.69) is 5.43 Å². The molecule has 2 aliphatic heterocycles. The Bertz CT molecular complexity index is 2310. The van der Waals surface area contributed by atoms with Gasteiger partial charge in [-0.05, 0) is 113 Å². The summed E-state index contributed by atoms with van der Waals surface area (Å²) in [6, 6.07) is 20.4. The molecule has 6 unspecified atom stereocenters. The zero-order chi connectivity index (χ0) is 38.2. The Morgan fingerprint density at radius 2 is 1.65 bits per heavy atom. The van der Waals surface area contributed by atoms with E-state index in [-0.39, 0.29) is 41.4 Å². The molecule has 54 heavy (non-hydrogen) atoms. The Kier molecular flexibility index (Phi) is 8.72. The van der Waals surface area contributed by atoms with Crippen molar-refractivity contribution in [2.24, 2.45) is 23.7 Å². The van der Waals surface area contributed by atoms with Gasteiger partial charge in [-0.25, -0.2) is 4.39 Å². The fraction of sp³-hybridized carbons (Fsp3) is 0.231. The normalized spacial score (nSPS) is 25.9. The standard InChI is InChI=1S/C39H29ClFIN4O8/c1-54-31-17-19(16-30(42)34(31)47)33-26-14-15-27-32(37(50)44(35(27)48)24-10-12-25(13-11-24)46(52)53)28(26)18-29-36(49)45(43-23-8-6-22(41)7-9-23)38(51)39(29,33)20-2-4-21(40)5-3-20/h2-14,16-17,27-29,32-33,43,47H,15,18H2,1H3. The Morgan fingerprint density at radius 3 is 2.30 bits per heavy atom. The molecule has 2 N–H and O–H groups in total. The number of allylic oxidation sites excluding steroid dienone is 2. The van der Waals surface area contributed by atoms with E-state index in [0.29, 0.717) is 25.3 Å². The summed E-state index contributed by atoms with van der Waals surface area (Å²) in [5.74, 6) is -7.06. The van der Waals surface area contributed by atoms with Crippen LogP contribution in [0.2, 0.25) is 5.02 Å². The van der Waals surface area contributed by atoms with E-state index in [1.165, 1.54) is 55.6 Å². The van der Waals surface area contributed by atoms with Crippen molar-refractivity contribution in [2.45, 2.75) is 24.2 Å². The van der Waals surface area contributed by atoms with Gasteiger partial charge in [-0.1, -0.05) is 35.4 Å².